The van der Waals surface area contributed by atoms with Crippen molar-refractivity contribution in [2.24, 2.45) is 0 Å². The second kappa shape index (κ2) is 9.38. The molecule has 6 heteroatoms. The topological polar surface area (TPSA) is 75.6 Å². The van der Waals surface area contributed by atoms with E-state index in [9.17, 15) is 9.59 Å². The molecule has 120 valence electrons. The quantitative estimate of drug-likeness (QED) is 0.518. The number of rotatable bonds is 9. The smallest absolute Gasteiger partial charge is 0.305 e. The van der Waals surface area contributed by atoms with Gasteiger partial charge in [0, 0.05) is 4.47 Å². The number of halogens is 1. The molecule has 0 aromatic heterocycles. The van der Waals surface area contributed by atoms with E-state index < -0.39 is 18.1 Å². The number of hydrogen-bond donors (Lipinski definition) is 2. The summed E-state index contributed by atoms with van der Waals surface area (Å²) in [7, 11) is 0. The van der Waals surface area contributed by atoms with Crippen LogP contribution in [0.3, 0.4) is 0 Å². The van der Waals surface area contributed by atoms with Crippen molar-refractivity contribution in [3.63, 3.8) is 0 Å². The number of benzene rings is 1. The summed E-state index contributed by atoms with van der Waals surface area (Å²) < 4.78 is 6.25. The Balaban J connectivity index is 2.72. The minimum Gasteiger partial charge on any atom is -0.481 e. The average Bonchev–Trinajstić information content (AvgIpc) is 2.47. The zero-order valence-electron chi connectivity index (χ0n) is 12.4. The Kier molecular flexibility index (Phi) is 7.84. The molecule has 0 fully saturated rings. The number of aliphatic carboxylic acids is 1. The lowest BCUT2D eigenvalue weighted by Crippen LogP contribution is -2.38. The van der Waals surface area contributed by atoms with Crippen LogP contribution in [-0.4, -0.2) is 29.7 Å². The zero-order valence-corrected chi connectivity index (χ0v) is 14.0. The molecule has 2 atom stereocenters. The maximum absolute atomic E-state index is 12.1. The predicted octanol–water partition coefficient (Wildman–Crippen LogP) is 3.06. The Labute approximate surface area is 138 Å². The molecule has 1 rings (SSSR count). The molecule has 2 unspecified atom stereocenters. The van der Waals surface area contributed by atoms with Crippen LogP contribution in [0.4, 0.5) is 0 Å². The molecular weight excluding hydrogens is 350 g/mol. The Bertz CT molecular complexity index is 515. The highest BCUT2D eigenvalue weighted by molar-refractivity contribution is 9.10. The number of carbonyl (C=O) groups is 2. The van der Waals surface area contributed by atoms with Gasteiger partial charge in [0.2, 0.25) is 5.91 Å². The van der Waals surface area contributed by atoms with E-state index in [1.54, 1.807) is 37.3 Å². The monoisotopic (exact) mass is 369 g/mol. The van der Waals surface area contributed by atoms with Crippen molar-refractivity contribution in [1.29, 1.82) is 0 Å². The Hall–Kier alpha value is -1.66. The summed E-state index contributed by atoms with van der Waals surface area (Å²) in [5.74, 6) is -1.31. The molecule has 5 nitrogen and oxygen atoms in total. The first kappa shape index (κ1) is 18.4. The first-order valence-electron chi connectivity index (χ1n) is 6.94. The number of nitrogens with one attached hydrogen (secondary N) is 1. The fourth-order valence-electron chi connectivity index (χ4n) is 1.81. The summed E-state index contributed by atoms with van der Waals surface area (Å²) in [4.78, 5) is 23.1. The molecule has 0 saturated heterocycles. The van der Waals surface area contributed by atoms with E-state index in [-0.39, 0.29) is 12.3 Å². The summed E-state index contributed by atoms with van der Waals surface area (Å²) >= 11 is 3.32. The fraction of sp³-hybridized carbons (Fsp3) is 0.375. The normalized spacial score (nSPS) is 13.2. The number of ether oxygens (including phenoxy) is 1. The van der Waals surface area contributed by atoms with Gasteiger partial charge in [0.15, 0.2) is 0 Å². The van der Waals surface area contributed by atoms with Gasteiger partial charge in [-0.05, 0) is 31.0 Å². The lowest BCUT2D eigenvalue weighted by atomic mass is 10.0. The largest absolute Gasteiger partial charge is 0.481 e. The number of hydrogen-bond acceptors (Lipinski definition) is 3. The van der Waals surface area contributed by atoms with Gasteiger partial charge in [-0.15, -0.1) is 6.58 Å². The first-order valence-corrected chi connectivity index (χ1v) is 7.73. The van der Waals surface area contributed by atoms with Crippen molar-refractivity contribution in [3.8, 4) is 0 Å². The maximum atomic E-state index is 12.1. The summed E-state index contributed by atoms with van der Waals surface area (Å²) in [6, 6.07) is 6.58. The molecular formula is C16H20BrNO4. The average molecular weight is 370 g/mol. The Morgan fingerprint density at radius 2 is 2.05 bits per heavy atom. The van der Waals surface area contributed by atoms with Crippen LogP contribution in [0.15, 0.2) is 41.4 Å². The molecule has 0 aliphatic heterocycles. The zero-order chi connectivity index (χ0) is 16.5. The van der Waals surface area contributed by atoms with Crippen molar-refractivity contribution in [1.82, 2.24) is 5.32 Å². The molecule has 22 heavy (non-hydrogen) atoms. The van der Waals surface area contributed by atoms with Gasteiger partial charge in [-0.25, -0.2) is 0 Å². The van der Waals surface area contributed by atoms with Gasteiger partial charge in [-0.1, -0.05) is 34.1 Å². The maximum Gasteiger partial charge on any atom is 0.305 e. The summed E-state index contributed by atoms with van der Waals surface area (Å²) in [5, 5.41) is 11.7. The third-order valence-electron chi connectivity index (χ3n) is 3.03. The molecule has 1 aromatic rings. The summed E-state index contributed by atoms with van der Waals surface area (Å²) in [5.41, 5.74) is 0.734. The molecule has 0 radical (unpaired) electrons. The van der Waals surface area contributed by atoms with Crippen molar-refractivity contribution < 1.29 is 19.4 Å². The number of carboxylic acids is 1. The molecule has 0 saturated carbocycles. The van der Waals surface area contributed by atoms with E-state index in [4.69, 9.17) is 9.84 Å². The van der Waals surface area contributed by atoms with Crippen LogP contribution in [0.5, 0.6) is 0 Å². The van der Waals surface area contributed by atoms with E-state index in [0.717, 1.165) is 10.0 Å². The molecule has 0 heterocycles. The van der Waals surface area contributed by atoms with E-state index in [0.29, 0.717) is 13.0 Å². The minimum absolute atomic E-state index is 0.188. The second-order valence-corrected chi connectivity index (χ2v) is 5.72. The lowest BCUT2D eigenvalue weighted by molar-refractivity contribution is -0.138. The molecule has 1 aromatic carbocycles. The van der Waals surface area contributed by atoms with Crippen LogP contribution in [0.1, 0.15) is 31.4 Å². The van der Waals surface area contributed by atoms with Gasteiger partial charge >= 0.3 is 5.97 Å². The molecule has 0 spiro atoms. The van der Waals surface area contributed by atoms with Crippen LogP contribution >= 0.6 is 15.9 Å². The van der Waals surface area contributed by atoms with Crippen molar-refractivity contribution in [2.75, 3.05) is 6.61 Å². The van der Waals surface area contributed by atoms with Gasteiger partial charge in [0.1, 0.15) is 6.10 Å². The third kappa shape index (κ3) is 6.41. The highest BCUT2D eigenvalue weighted by atomic mass is 79.9. The molecule has 2 N–H and O–H groups in total. The van der Waals surface area contributed by atoms with Crippen molar-refractivity contribution >= 4 is 27.8 Å². The number of carbonyl (C=O) groups excluding carboxylic acids is 1. The molecule has 0 aliphatic carbocycles. The van der Waals surface area contributed by atoms with E-state index >= 15 is 0 Å². The van der Waals surface area contributed by atoms with Crippen molar-refractivity contribution in [2.45, 2.75) is 31.9 Å². The summed E-state index contributed by atoms with van der Waals surface area (Å²) in [6.45, 7) is 5.62. The van der Waals surface area contributed by atoms with Gasteiger partial charge in [0.05, 0.1) is 19.1 Å². The lowest BCUT2D eigenvalue weighted by Gasteiger charge is -2.20. The van der Waals surface area contributed by atoms with Gasteiger partial charge in [-0.2, -0.15) is 0 Å². The Morgan fingerprint density at radius 1 is 1.41 bits per heavy atom. The van der Waals surface area contributed by atoms with Crippen LogP contribution in [0.25, 0.3) is 0 Å². The highest BCUT2D eigenvalue weighted by Gasteiger charge is 2.21. The van der Waals surface area contributed by atoms with Gasteiger partial charge in [0.25, 0.3) is 0 Å². The fourth-order valence-corrected chi connectivity index (χ4v) is 2.08. The van der Waals surface area contributed by atoms with E-state index in [1.807, 2.05) is 0 Å². The van der Waals surface area contributed by atoms with E-state index in [2.05, 4.69) is 27.8 Å². The van der Waals surface area contributed by atoms with Crippen LogP contribution in [0.2, 0.25) is 0 Å². The third-order valence-corrected chi connectivity index (χ3v) is 3.56. The second-order valence-electron chi connectivity index (χ2n) is 4.80. The molecule has 1 amide bonds. The van der Waals surface area contributed by atoms with Crippen LogP contribution < -0.4 is 5.32 Å². The minimum atomic E-state index is -0.978. The van der Waals surface area contributed by atoms with Gasteiger partial charge in [-0.3, -0.25) is 9.59 Å². The van der Waals surface area contributed by atoms with Crippen LogP contribution in [0, 0.1) is 0 Å². The van der Waals surface area contributed by atoms with E-state index in [1.165, 1.54) is 0 Å². The summed E-state index contributed by atoms with van der Waals surface area (Å²) in [6.07, 6.45) is 1.53. The number of amides is 1. The first-order chi connectivity index (χ1) is 10.4. The predicted molar refractivity (Wildman–Crippen MR) is 87.5 cm³/mol. The SMILES string of the molecule is C=CCCOC(C)C(=O)NC(CC(=O)O)c1ccc(Br)cc1. The molecule has 0 aliphatic rings. The standard InChI is InChI=1S/C16H20BrNO4/c1-3-4-9-22-11(2)16(21)18-14(10-15(19)20)12-5-7-13(17)8-6-12/h3,5-8,11,14H,1,4,9-10H2,2H3,(H,18,21)(H,19,20). The van der Waals surface area contributed by atoms with Crippen molar-refractivity contribution in [3.05, 3.63) is 47.0 Å². The highest BCUT2D eigenvalue weighted by Crippen LogP contribution is 2.20. The molecule has 0 bridgehead atoms. The van der Waals surface area contributed by atoms with Crippen LogP contribution in [-0.2, 0) is 14.3 Å². The number of carboxylic acid groups (broad SMARTS) is 1. The Morgan fingerprint density at radius 3 is 2.59 bits per heavy atom. The van der Waals surface area contributed by atoms with Gasteiger partial charge < -0.3 is 15.2 Å².